The largest absolute Gasteiger partial charge is 0.469 e. The van der Waals surface area contributed by atoms with Crippen molar-refractivity contribution in [2.24, 2.45) is 0 Å². The lowest BCUT2D eigenvalue weighted by Crippen LogP contribution is -2.35. The number of carbonyl (C=O) groups excluding carboxylic acids is 1. The highest BCUT2D eigenvalue weighted by Crippen LogP contribution is 2.17. The predicted molar refractivity (Wildman–Crippen MR) is 52.9 cm³/mol. The van der Waals surface area contributed by atoms with Crippen LogP contribution >= 0.6 is 0 Å². The SMILES string of the molecule is COC(=O)CC(O)CNC1CCCC1. The van der Waals surface area contributed by atoms with Gasteiger partial charge in [0.25, 0.3) is 0 Å². The monoisotopic (exact) mass is 201 g/mol. The average molecular weight is 201 g/mol. The zero-order valence-corrected chi connectivity index (χ0v) is 8.66. The van der Waals surface area contributed by atoms with Gasteiger partial charge in [-0.3, -0.25) is 4.79 Å². The summed E-state index contributed by atoms with van der Waals surface area (Å²) in [7, 11) is 1.33. The van der Waals surface area contributed by atoms with Crippen molar-refractivity contribution in [3.8, 4) is 0 Å². The highest BCUT2D eigenvalue weighted by molar-refractivity contribution is 5.69. The third kappa shape index (κ3) is 4.07. The van der Waals surface area contributed by atoms with Crippen LogP contribution in [0.3, 0.4) is 0 Å². The second-order valence-corrected chi connectivity index (χ2v) is 3.82. The van der Waals surface area contributed by atoms with E-state index in [0.717, 1.165) is 0 Å². The van der Waals surface area contributed by atoms with Gasteiger partial charge in [-0.15, -0.1) is 0 Å². The summed E-state index contributed by atoms with van der Waals surface area (Å²) in [5.41, 5.74) is 0. The molecule has 0 heterocycles. The van der Waals surface area contributed by atoms with E-state index < -0.39 is 6.10 Å². The molecular formula is C10H19NO3. The number of nitrogens with one attached hydrogen (secondary N) is 1. The zero-order chi connectivity index (χ0) is 10.4. The predicted octanol–water partition coefficient (Wildman–Crippen LogP) is 0.443. The van der Waals surface area contributed by atoms with Crippen molar-refractivity contribution in [1.29, 1.82) is 0 Å². The molecule has 0 amide bonds. The molecule has 4 heteroatoms. The van der Waals surface area contributed by atoms with Gasteiger partial charge in [0.15, 0.2) is 0 Å². The van der Waals surface area contributed by atoms with E-state index in [2.05, 4.69) is 10.1 Å². The summed E-state index contributed by atoms with van der Waals surface area (Å²) < 4.78 is 4.47. The summed E-state index contributed by atoms with van der Waals surface area (Å²) in [5.74, 6) is -0.356. The van der Waals surface area contributed by atoms with Crippen LogP contribution in [0.15, 0.2) is 0 Å². The quantitative estimate of drug-likeness (QED) is 0.634. The fourth-order valence-corrected chi connectivity index (χ4v) is 1.78. The van der Waals surface area contributed by atoms with E-state index in [1.54, 1.807) is 0 Å². The van der Waals surface area contributed by atoms with Gasteiger partial charge in [-0.1, -0.05) is 12.8 Å². The van der Waals surface area contributed by atoms with Crippen molar-refractivity contribution in [1.82, 2.24) is 5.32 Å². The first kappa shape index (κ1) is 11.5. The number of methoxy groups -OCH3 is 1. The number of hydrogen-bond donors (Lipinski definition) is 2. The van der Waals surface area contributed by atoms with Gasteiger partial charge < -0.3 is 15.2 Å². The fourth-order valence-electron chi connectivity index (χ4n) is 1.78. The average Bonchev–Trinajstić information content (AvgIpc) is 2.67. The Morgan fingerprint density at radius 3 is 2.79 bits per heavy atom. The molecule has 0 aromatic rings. The number of carbonyl (C=O) groups is 1. The molecular weight excluding hydrogens is 182 g/mol. The van der Waals surface area contributed by atoms with Gasteiger partial charge in [-0.05, 0) is 12.8 Å². The molecule has 4 nitrogen and oxygen atoms in total. The number of ether oxygens (including phenoxy) is 1. The first-order valence-electron chi connectivity index (χ1n) is 5.20. The molecule has 1 aliphatic rings. The van der Waals surface area contributed by atoms with Gasteiger partial charge in [-0.2, -0.15) is 0 Å². The van der Waals surface area contributed by atoms with E-state index in [-0.39, 0.29) is 12.4 Å². The maximum absolute atomic E-state index is 10.8. The minimum Gasteiger partial charge on any atom is -0.469 e. The maximum atomic E-state index is 10.8. The Morgan fingerprint density at radius 1 is 1.57 bits per heavy atom. The lowest BCUT2D eigenvalue weighted by atomic mass is 10.2. The van der Waals surface area contributed by atoms with Gasteiger partial charge in [0, 0.05) is 12.6 Å². The highest BCUT2D eigenvalue weighted by atomic mass is 16.5. The molecule has 0 aromatic carbocycles. The number of rotatable bonds is 5. The summed E-state index contributed by atoms with van der Waals surface area (Å²) >= 11 is 0. The summed E-state index contributed by atoms with van der Waals surface area (Å²) in [5, 5.41) is 12.7. The number of hydrogen-bond acceptors (Lipinski definition) is 4. The highest BCUT2D eigenvalue weighted by Gasteiger charge is 2.16. The zero-order valence-electron chi connectivity index (χ0n) is 8.66. The van der Waals surface area contributed by atoms with Crippen molar-refractivity contribution >= 4 is 5.97 Å². The smallest absolute Gasteiger partial charge is 0.308 e. The molecule has 0 bridgehead atoms. The van der Waals surface area contributed by atoms with Crippen LogP contribution in [0.2, 0.25) is 0 Å². The van der Waals surface area contributed by atoms with E-state index in [0.29, 0.717) is 12.6 Å². The van der Waals surface area contributed by atoms with Crippen molar-refractivity contribution in [2.75, 3.05) is 13.7 Å². The summed E-state index contributed by atoms with van der Waals surface area (Å²) in [6.07, 6.45) is 4.37. The van der Waals surface area contributed by atoms with Crippen LogP contribution in [0, 0.1) is 0 Å². The van der Waals surface area contributed by atoms with E-state index in [1.807, 2.05) is 0 Å². The molecule has 14 heavy (non-hydrogen) atoms. The molecule has 1 saturated carbocycles. The second kappa shape index (κ2) is 5.98. The van der Waals surface area contributed by atoms with Crippen LogP contribution in [-0.2, 0) is 9.53 Å². The lowest BCUT2D eigenvalue weighted by molar-refractivity contribution is -0.142. The molecule has 0 saturated heterocycles. The summed E-state index contributed by atoms with van der Waals surface area (Å²) in [6.45, 7) is 0.486. The molecule has 0 spiro atoms. The Labute approximate surface area is 84.6 Å². The Bertz CT molecular complexity index is 178. The Hall–Kier alpha value is -0.610. The van der Waals surface area contributed by atoms with Gasteiger partial charge >= 0.3 is 5.97 Å². The summed E-state index contributed by atoms with van der Waals surface area (Å²) in [6, 6.07) is 0.530. The minimum absolute atomic E-state index is 0.0796. The molecule has 0 aliphatic heterocycles. The van der Waals surface area contributed by atoms with Crippen molar-refractivity contribution in [3.63, 3.8) is 0 Å². The molecule has 0 radical (unpaired) electrons. The third-order valence-corrected chi connectivity index (χ3v) is 2.63. The number of esters is 1. The molecule has 1 aliphatic carbocycles. The van der Waals surface area contributed by atoms with Crippen LogP contribution in [-0.4, -0.2) is 36.9 Å². The molecule has 0 aromatic heterocycles. The van der Waals surface area contributed by atoms with Crippen LogP contribution in [0.25, 0.3) is 0 Å². The van der Waals surface area contributed by atoms with Gasteiger partial charge in [0.2, 0.25) is 0 Å². The fraction of sp³-hybridized carbons (Fsp3) is 0.900. The molecule has 82 valence electrons. The first-order chi connectivity index (χ1) is 6.72. The van der Waals surface area contributed by atoms with E-state index in [9.17, 15) is 9.90 Å². The van der Waals surface area contributed by atoms with Crippen LogP contribution in [0.1, 0.15) is 32.1 Å². The number of aliphatic hydroxyl groups is 1. The molecule has 1 fully saturated rings. The topological polar surface area (TPSA) is 58.6 Å². The Balaban J connectivity index is 2.07. The molecule has 1 atom stereocenters. The van der Waals surface area contributed by atoms with Crippen LogP contribution in [0.5, 0.6) is 0 Å². The van der Waals surface area contributed by atoms with E-state index in [4.69, 9.17) is 0 Å². The third-order valence-electron chi connectivity index (χ3n) is 2.63. The minimum atomic E-state index is -0.622. The van der Waals surface area contributed by atoms with Gasteiger partial charge in [0.1, 0.15) is 0 Å². The Morgan fingerprint density at radius 2 is 2.21 bits per heavy atom. The molecule has 1 unspecified atom stereocenters. The van der Waals surface area contributed by atoms with E-state index in [1.165, 1.54) is 32.8 Å². The number of aliphatic hydroxyl groups excluding tert-OH is 1. The lowest BCUT2D eigenvalue weighted by Gasteiger charge is -2.15. The second-order valence-electron chi connectivity index (χ2n) is 3.82. The van der Waals surface area contributed by atoms with Crippen molar-refractivity contribution in [2.45, 2.75) is 44.2 Å². The first-order valence-corrected chi connectivity index (χ1v) is 5.20. The molecule has 2 N–H and O–H groups in total. The maximum Gasteiger partial charge on any atom is 0.308 e. The normalized spacial score (nSPS) is 19.6. The Kier molecular flexibility index (Phi) is 4.90. The van der Waals surface area contributed by atoms with Gasteiger partial charge in [-0.25, -0.2) is 0 Å². The standard InChI is InChI=1S/C10H19NO3/c1-14-10(13)6-9(12)7-11-8-4-2-3-5-8/h8-9,11-12H,2-7H2,1H3. The van der Waals surface area contributed by atoms with Crippen LogP contribution in [0.4, 0.5) is 0 Å². The van der Waals surface area contributed by atoms with E-state index >= 15 is 0 Å². The van der Waals surface area contributed by atoms with Gasteiger partial charge in [0.05, 0.1) is 19.6 Å². The molecule has 1 rings (SSSR count). The van der Waals surface area contributed by atoms with Crippen molar-refractivity contribution in [3.05, 3.63) is 0 Å². The summed E-state index contributed by atoms with van der Waals surface area (Å²) in [4.78, 5) is 10.8. The van der Waals surface area contributed by atoms with Crippen molar-refractivity contribution < 1.29 is 14.6 Å². The van der Waals surface area contributed by atoms with Crippen LogP contribution < -0.4 is 5.32 Å².